The molecule has 0 heterocycles. The maximum atomic E-state index is 11.9. The molecule has 0 aromatic rings. The Kier molecular flexibility index (Phi) is 1.88. The van der Waals surface area contributed by atoms with Gasteiger partial charge < -0.3 is 4.74 Å². The molecule has 2 heteroatoms. The Balaban J connectivity index is 1.82. The van der Waals surface area contributed by atoms with Crippen LogP contribution in [0.4, 0.5) is 0 Å². The molecule has 16 heavy (non-hydrogen) atoms. The largest absolute Gasteiger partial charge is 0.466 e. The van der Waals surface area contributed by atoms with Gasteiger partial charge >= 0.3 is 5.97 Å². The van der Waals surface area contributed by atoms with E-state index in [1.807, 2.05) is 6.92 Å². The van der Waals surface area contributed by atoms with E-state index in [-0.39, 0.29) is 17.3 Å². The van der Waals surface area contributed by atoms with E-state index in [0.29, 0.717) is 17.9 Å². The molecule has 4 saturated carbocycles. The molecule has 0 amide bonds. The zero-order valence-corrected chi connectivity index (χ0v) is 10.7. The van der Waals surface area contributed by atoms with Gasteiger partial charge in [-0.15, -0.1) is 0 Å². The first-order valence-electron chi connectivity index (χ1n) is 6.60. The molecule has 0 aromatic heterocycles. The molecule has 0 aliphatic heterocycles. The molecule has 2 bridgehead atoms. The maximum Gasteiger partial charge on any atom is 0.309 e. The summed E-state index contributed by atoms with van der Waals surface area (Å²) in [6, 6.07) is 0. The summed E-state index contributed by atoms with van der Waals surface area (Å²) in [6.45, 7) is 9.51. The molecule has 0 radical (unpaired) electrons. The standard InChI is InChI=1S/C14H22O2/c1-5-16-12(15)11-9-6-8-7-10(13(8,2)3)14(9,11)4/h8-11H,5-7H2,1-4H3/t8-,9-,10-,11+,14-/m1/s1. The van der Waals surface area contributed by atoms with Gasteiger partial charge in [0.1, 0.15) is 0 Å². The molecule has 4 rings (SSSR count). The maximum absolute atomic E-state index is 11.9. The fourth-order valence-electron chi connectivity index (χ4n) is 4.92. The van der Waals surface area contributed by atoms with E-state index in [2.05, 4.69) is 20.8 Å². The van der Waals surface area contributed by atoms with E-state index in [0.717, 1.165) is 11.8 Å². The van der Waals surface area contributed by atoms with Gasteiger partial charge in [0.05, 0.1) is 12.5 Å². The number of carbonyl (C=O) groups is 1. The first-order chi connectivity index (χ1) is 7.44. The lowest BCUT2D eigenvalue weighted by atomic mass is 9.45. The van der Waals surface area contributed by atoms with Gasteiger partial charge in [0.25, 0.3) is 0 Å². The first-order valence-corrected chi connectivity index (χ1v) is 6.60. The predicted molar refractivity (Wildman–Crippen MR) is 61.7 cm³/mol. The molecule has 0 aromatic carbocycles. The van der Waals surface area contributed by atoms with Gasteiger partial charge in [0, 0.05) is 0 Å². The van der Waals surface area contributed by atoms with Crippen LogP contribution in [0.25, 0.3) is 0 Å². The van der Waals surface area contributed by atoms with Crippen LogP contribution < -0.4 is 0 Å². The first kappa shape index (κ1) is 10.6. The highest BCUT2D eigenvalue weighted by Crippen LogP contribution is 2.80. The van der Waals surface area contributed by atoms with E-state index in [1.54, 1.807) is 0 Å². The molecular formula is C14H22O2. The fraction of sp³-hybridized carbons (Fsp3) is 0.929. The number of rotatable bonds is 2. The topological polar surface area (TPSA) is 26.3 Å². The van der Waals surface area contributed by atoms with Crippen LogP contribution in [0.15, 0.2) is 0 Å². The van der Waals surface area contributed by atoms with Gasteiger partial charge in [-0.25, -0.2) is 0 Å². The second kappa shape index (κ2) is 2.83. The van der Waals surface area contributed by atoms with Crippen LogP contribution in [0, 0.1) is 34.5 Å². The van der Waals surface area contributed by atoms with Crippen molar-refractivity contribution in [3.8, 4) is 0 Å². The van der Waals surface area contributed by atoms with Gasteiger partial charge in [-0.2, -0.15) is 0 Å². The van der Waals surface area contributed by atoms with E-state index in [4.69, 9.17) is 4.74 Å². The molecule has 0 unspecified atom stereocenters. The Morgan fingerprint density at radius 2 is 2.00 bits per heavy atom. The quantitative estimate of drug-likeness (QED) is 0.672. The molecule has 0 saturated heterocycles. The van der Waals surface area contributed by atoms with E-state index >= 15 is 0 Å². The highest BCUT2D eigenvalue weighted by molar-refractivity contribution is 5.78. The van der Waals surface area contributed by atoms with Crippen LogP contribution in [0.3, 0.4) is 0 Å². The Hall–Kier alpha value is -0.530. The average Bonchev–Trinajstić information content (AvgIpc) is 2.83. The third-order valence-electron chi connectivity index (χ3n) is 6.06. The lowest BCUT2D eigenvalue weighted by Crippen LogP contribution is -2.52. The van der Waals surface area contributed by atoms with Gasteiger partial charge in [0.2, 0.25) is 0 Å². The third kappa shape index (κ3) is 0.970. The smallest absolute Gasteiger partial charge is 0.309 e. The minimum Gasteiger partial charge on any atom is -0.466 e. The molecule has 4 fully saturated rings. The van der Waals surface area contributed by atoms with Crippen LogP contribution in [0.2, 0.25) is 0 Å². The van der Waals surface area contributed by atoms with Crippen molar-refractivity contribution < 1.29 is 9.53 Å². The van der Waals surface area contributed by atoms with Crippen LogP contribution >= 0.6 is 0 Å². The van der Waals surface area contributed by atoms with Crippen molar-refractivity contribution >= 4 is 5.97 Å². The minimum absolute atomic E-state index is 0.0679. The molecule has 0 spiro atoms. The Labute approximate surface area is 97.7 Å². The Morgan fingerprint density at radius 1 is 1.31 bits per heavy atom. The molecule has 4 aliphatic rings. The summed E-state index contributed by atoms with van der Waals surface area (Å²) in [5.41, 5.74) is 0.733. The molecule has 0 N–H and O–H groups in total. The second-order valence-corrected chi connectivity index (χ2v) is 6.74. The summed E-state index contributed by atoms with van der Waals surface area (Å²) in [5, 5.41) is 0. The van der Waals surface area contributed by atoms with Crippen molar-refractivity contribution in [3.63, 3.8) is 0 Å². The van der Waals surface area contributed by atoms with Gasteiger partial charge in [0.15, 0.2) is 0 Å². The van der Waals surface area contributed by atoms with Crippen LogP contribution in [0.5, 0.6) is 0 Å². The highest BCUT2D eigenvalue weighted by atomic mass is 16.5. The minimum atomic E-state index is 0.0679. The Bertz CT molecular complexity index is 347. The van der Waals surface area contributed by atoms with Crippen molar-refractivity contribution in [1.29, 1.82) is 0 Å². The van der Waals surface area contributed by atoms with Crippen LogP contribution in [-0.2, 0) is 9.53 Å². The SMILES string of the molecule is CCOC(=O)[C@@H]1[C@H]2C[C@@H]3C[C@H](C3(C)C)[C@@]21C. The van der Waals surface area contributed by atoms with E-state index in [1.165, 1.54) is 12.8 Å². The van der Waals surface area contributed by atoms with Gasteiger partial charge in [-0.3, -0.25) is 4.79 Å². The summed E-state index contributed by atoms with van der Waals surface area (Å²) in [7, 11) is 0. The average molecular weight is 222 g/mol. The summed E-state index contributed by atoms with van der Waals surface area (Å²) in [4.78, 5) is 11.9. The zero-order valence-electron chi connectivity index (χ0n) is 10.7. The van der Waals surface area contributed by atoms with Crippen molar-refractivity contribution in [1.82, 2.24) is 0 Å². The molecule has 4 aliphatic carbocycles. The number of esters is 1. The monoisotopic (exact) mass is 222 g/mol. The molecule has 90 valence electrons. The lowest BCUT2D eigenvalue weighted by Gasteiger charge is -2.59. The summed E-state index contributed by atoms with van der Waals surface area (Å²) >= 11 is 0. The zero-order chi connectivity index (χ0) is 11.7. The van der Waals surface area contributed by atoms with E-state index in [9.17, 15) is 4.79 Å². The number of carbonyl (C=O) groups excluding carboxylic acids is 1. The normalized spacial score (nSPS) is 51.2. The van der Waals surface area contributed by atoms with Crippen LogP contribution in [0.1, 0.15) is 40.5 Å². The van der Waals surface area contributed by atoms with Gasteiger partial charge in [-0.1, -0.05) is 20.8 Å². The summed E-state index contributed by atoms with van der Waals surface area (Å²) < 4.78 is 5.22. The van der Waals surface area contributed by atoms with Crippen molar-refractivity contribution in [2.24, 2.45) is 34.5 Å². The van der Waals surface area contributed by atoms with Crippen LogP contribution in [-0.4, -0.2) is 12.6 Å². The molecular weight excluding hydrogens is 200 g/mol. The second-order valence-electron chi connectivity index (χ2n) is 6.74. The van der Waals surface area contributed by atoms with Crippen molar-refractivity contribution in [2.45, 2.75) is 40.5 Å². The number of hydrogen-bond acceptors (Lipinski definition) is 2. The lowest BCUT2D eigenvalue weighted by molar-refractivity contribution is -0.147. The van der Waals surface area contributed by atoms with E-state index < -0.39 is 0 Å². The molecule has 5 atom stereocenters. The highest BCUT2D eigenvalue weighted by Gasteiger charge is 2.78. The number of ether oxygens (including phenoxy) is 1. The summed E-state index contributed by atoms with van der Waals surface area (Å²) in [6.07, 6.45) is 2.60. The van der Waals surface area contributed by atoms with Crippen molar-refractivity contribution in [3.05, 3.63) is 0 Å². The fourth-order valence-corrected chi connectivity index (χ4v) is 4.92. The third-order valence-corrected chi connectivity index (χ3v) is 6.06. The molecule has 2 nitrogen and oxygen atoms in total. The van der Waals surface area contributed by atoms with Gasteiger partial charge in [-0.05, 0) is 48.3 Å². The number of hydrogen-bond donors (Lipinski definition) is 0. The summed E-state index contributed by atoms with van der Waals surface area (Å²) in [5.74, 6) is 2.51. The van der Waals surface area contributed by atoms with Crippen molar-refractivity contribution in [2.75, 3.05) is 6.61 Å². The predicted octanol–water partition coefficient (Wildman–Crippen LogP) is 2.87. The Morgan fingerprint density at radius 3 is 2.50 bits per heavy atom.